The first-order valence-corrected chi connectivity index (χ1v) is 3.86. The lowest BCUT2D eigenvalue weighted by molar-refractivity contribution is -0.120. The summed E-state index contributed by atoms with van der Waals surface area (Å²) in [7, 11) is 0. The quantitative estimate of drug-likeness (QED) is 0.607. The van der Waals surface area contributed by atoms with Crippen molar-refractivity contribution >= 4 is 5.91 Å². The van der Waals surface area contributed by atoms with Crippen LogP contribution in [0.3, 0.4) is 0 Å². The molecular weight excluding hydrogens is 138 g/mol. The Hall–Kier alpha value is -1.05. The number of rotatable bonds is 1. The van der Waals surface area contributed by atoms with Crippen LogP contribution in [0, 0.1) is 0 Å². The van der Waals surface area contributed by atoms with Crippen LogP contribution in [0.5, 0.6) is 0 Å². The third kappa shape index (κ3) is 1.93. The highest BCUT2D eigenvalue weighted by Crippen LogP contribution is 2.14. The van der Waals surface area contributed by atoms with Crippen molar-refractivity contribution in [1.29, 1.82) is 0 Å². The summed E-state index contributed by atoms with van der Waals surface area (Å²) in [5.41, 5.74) is 2.12. The van der Waals surface area contributed by atoms with E-state index >= 15 is 0 Å². The molecule has 1 heterocycles. The molecule has 2 heteroatoms. The van der Waals surface area contributed by atoms with Gasteiger partial charge in [-0.15, -0.1) is 0 Å². The van der Waals surface area contributed by atoms with Crippen LogP contribution in [-0.2, 0) is 4.79 Å². The summed E-state index contributed by atoms with van der Waals surface area (Å²) in [4.78, 5) is 11.0. The number of carbonyl (C=O) groups excluding carboxylic acids is 1. The van der Waals surface area contributed by atoms with Crippen LogP contribution in [0.4, 0.5) is 0 Å². The fourth-order valence-electron chi connectivity index (χ4n) is 1.19. The predicted molar refractivity (Wildman–Crippen MR) is 44.9 cm³/mol. The van der Waals surface area contributed by atoms with Gasteiger partial charge in [0.1, 0.15) is 0 Å². The maximum atomic E-state index is 11.0. The van der Waals surface area contributed by atoms with Crippen molar-refractivity contribution in [2.75, 3.05) is 0 Å². The summed E-state index contributed by atoms with van der Waals surface area (Å²) in [6.45, 7) is 5.67. The zero-order valence-corrected chi connectivity index (χ0v) is 6.81. The molecule has 1 amide bonds. The van der Waals surface area contributed by atoms with Crippen LogP contribution in [0.15, 0.2) is 23.9 Å². The van der Waals surface area contributed by atoms with Crippen LogP contribution < -0.4 is 5.32 Å². The van der Waals surface area contributed by atoms with E-state index in [1.807, 2.05) is 6.92 Å². The predicted octanol–water partition coefficient (Wildman–Crippen LogP) is 1.75. The van der Waals surface area contributed by atoms with Gasteiger partial charge in [-0.2, -0.15) is 0 Å². The summed E-state index contributed by atoms with van der Waals surface area (Å²) in [5.74, 6) is 0.108. The van der Waals surface area contributed by atoms with Gasteiger partial charge in [-0.25, -0.2) is 0 Å². The van der Waals surface area contributed by atoms with Crippen molar-refractivity contribution in [3.8, 4) is 0 Å². The fourth-order valence-corrected chi connectivity index (χ4v) is 1.19. The molecule has 1 aliphatic heterocycles. The highest BCUT2D eigenvalue weighted by Gasteiger charge is 2.09. The number of amides is 1. The van der Waals surface area contributed by atoms with E-state index in [-0.39, 0.29) is 5.91 Å². The third-order valence-electron chi connectivity index (χ3n) is 1.89. The normalized spacial score (nSPS) is 19.2. The molecular formula is C9H13NO. The second-order valence-corrected chi connectivity index (χ2v) is 2.80. The smallest absolute Gasteiger partial charge is 0.224 e. The summed E-state index contributed by atoms with van der Waals surface area (Å²) in [5, 5.41) is 2.80. The molecule has 0 spiro atoms. The molecule has 1 N–H and O–H groups in total. The van der Waals surface area contributed by atoms with E-state index in [0.717, 1.165) is 18.5 Å². The first kappa shape index (κ1) is 8.05. The van der Waals surface area contributed by atoms with Gasteiger partial charge in [-0.3, -0.25) is 4.79 Å². The second-order valence-electron chi connectivity index (χ2n) is 2.80. The molecule has 0 atom stereocenters. The third-order valence-corrected chi connectivity index (χ3v) is 1.89. The van der Waals surface area contributed by atoms with Crippen molar-refractivity contribution < 1.29 is 4.79 Å². The minimum absolute atomic E-state index is 0.108. The average Bonchev–Trinajstić information content (AvgIpc) is 2.13. The van der Waals surface area contributed by atoms with E-state index in [4.69, 9.17) is 0 Å². The summed E-state index contributed by atoms with van der Waals surface area (Å²) in [6.07, 6.45) is 4.29. The Morgan fingerprint density at radius 1 is 1.55 bits per heavy atom. The number of hydrogen-bond acceptors (Lipinski definition) is 1. The van der Waals surface area contributed by atoms with E-state index in [1.165, 1.54) is 5.57 Å². The lowest BCUT2D eigenvalue weighted by Gasteiger charge is -2.03. The molecule has 0 saturated heterocycles. The van der Waals surface area contributed by atoms with Gasteiger partial charge in [0.05, 0.1) is 0 Å². The Bertz CT molecular complexity index is 216. The van der Waals surface area contributed by atoms with Gasteiger partial charge < -0.3 is 5.32 Å². The van der Waals surface area contributed by atoms with E-state index in [9.17, 15) is 4.79 Å². The topological polar surface area (TPSA) is 29.1 Å². The number of hydrogen-bond donors (Lipinski definition) is 1. The summed E-state index contributed by atoms with van der Waals surface area (Å²) >= 11 is 0. The standard InChI is InChI=1S/C9H13NO/c1-3-8-7(2)5-4-6-9(11)10-8/h3H,1,4-6H2,2H3,(H,10,11). The van der Waals surface area contributed by atoms with Gasteiger partial charge in [0.2, 0.25) is 5.91 Å². The van der Waals surface area contributed by atoms with Crippen molar-refractivity contribution in [2.24, 2.45) is 0 Å². The van der Waals surface area contributed by atoms with Crippen LogP contribution >= 0.6 is 0 Å². The van der Waals surface area contributed by atoms with Crippen LogP contribution in [0.1, 0.15) is 26.2 Å². The van der Waals surface area contributed by atoms with Crippen LogP contribution in [-0.4, -0.2) is 5.91 Å². The Labute approximate surface area is 67.0 Å². The van der Waals surface area contributed by atoms with E-state index in [0.29, 0.717) is 6.42 Å². The van der Waals surface area contributed by atoms with Gasteiger partial charge in [0.25, 0.3) is 0 Å². The minimum atomic E-state index is 0.108. The fraction of sp³-hybridized carbons (Fsp3) is 0.444. The maximum Gasteiger partial charge on any atom is 0.224 e. The maximum absolute atomic E-state index is 11.0. The Kier molecular flexibility index (Phi) is 2.47. The van der Waals surface area contributed by atoms with E-state index in [2.05, 4.69) is 11.9 Å². The number of allylic oxidation sites excluding steroid dienone is 2. The Morgan fingerprint density at radius 2 is 2.27 bits per heavy atom. The molecule has 0 aliphatic carbocycles. The number of nitrogens with one attached hydrogen (secondary N) is 1. The zero-order valence-electron chi connectivity index (χ0n) is 6.81. The Morgan fingerprint density at radius 3 is 2.91 bits per heavy atom. The average molecular weight is 151 g/mol. The van der Waals surface area contributed by atoms with E-state index < -0.39 is 0 Å². The highest BCUT2D eigenvalue weighted by molar-refractivity contribution is 5.78. The molecule has 0 aromatic rings. The first-order chi connectivity index (χ1) is 5.24. The van der Waals surface area contributed by atoms with E-state index in [1.54, 1.807) is 6.08 Å². The van der Waals surface area contributed by atoms with Gasteiger partial charge >= 0.3 is 0 Å². The van der Waals surface area contributed by atoms with Crippen molar-refractivity contribution in [3.05, 3.63) is 23.9 Å². The molecule has 0 aromatic carbocycles. The van der Waals surface area contributed by atoms with Crippen LogP contribution in [0.25, 0.3) is 0 Å². The molecule has 0 radical (unpaired) electrons. The SMILES string of the molecule is C=CC1=C(C)CCCC(=O)N1. The van der Waals surface area contributed by atoms with Crippen LogP contribution in [0.2, 0.25) is 0 Å². The number of carbonyl (C=O) groups is 1. The highest BCUT2D eigenvalue weighted by atomic mass is 16.1. The molecule has 0 aromatic heterocycles. The minimum Gasteiger partial charge on any atom is -0.326 e. The first-order valence-electron chi connectivity index (χ1n) is 3.86. The van der Waals surface area contributed by atoms with Gasteiger partial charge in [0, 0.05) is 12.1 Å². The van der Waals surface area contributed by atoms with Crippen molar-refractivity contribution in [3.63, 3.8) is 0 Å². The molecule has 2 nitrogen and oxygen atoms in total. The second kappa shape index (κ2) is 3.37. The molecule has 11 heavy (non-hydrogen) atoms. The zero-order chi connectivity index (χ0) is 8.27. The molecule has 1 aliphatic rings. The summed E-state index contributed by atoms with van der Waals surface area (Å²) in [6, 6.07) is 0. The van der Waals surface area contributed by atoms with Gasteiger partial charge in [-0.05, 0) is 31.4 Å². The van der Waals surface area contributed by atoms with Gasteiger partial charge in [0.15, 0.2) is 0 Å². The monoisotopic (exact) mass is 151 g/mol. The largest absolute Gasteiger partial charge is 0.326 e. The molecule has 60 valence electrons. The van der Waals surface area contributed by atoms with Crippen molar-refractivity contribution in [2.45, 2.75) is 26.2 Å². The lowest BCUT2D eigenvalue weighted by atomic mass is 10.1. The van der Waals surface area contributed by atoms with Crippen molar-refractivity contribution in [1.82, 2.24) is 5.32 Å². The Balaban J connectivity index is 2.80. The molecule has 0 saturated carbocycles. The molecule has 0 bridgehead atoms. The molecule has 1 rings (SSSR count). The van der Waals surface area contributed by atoms with Gasteiger partial charge in [-0.1, -0.05) is 6.58 Å². The summed E-state index contributed by atoms with van der Waals surface area (Å²) < 4.78 is 0. The molecule has 0 fully saturated rings. The molecule has 0 unspecified atom stereocenters. The lowest BCUT2D eigenvalue weighted by Crippen LogP contribution is -2.19.